The number of fused-ring (bicyclic) bond motifs is 1. The van der Waals surface area contributed by atoms with E-state index < -0.39 is 0 Å². The predicted molar refractivity (Wildman–Crippen MR) is 129 cm³/mol. The van der Waals surface area contributed by atoms with Gasteiger partial charge in [0.2, 0.25) is 0 Å². The summed E-state index contributed by atoms with van der Waals surface area (Å²) in [7, 11) is 0. The van der Waals surface area contributed by atoms with Gasteiger partial charge in [-0.15, -0.1) is 71.8 Å². The van der Waals surface area contributed by atoms with Crippen LogP contribution in [0.4, 0.5) is 5.69 Å². The molecular weight excluding hydrogens is 483 g/mol. The number of aromatic nitrogens is 1. The number of pyridine rings is 1. The number of rotatable bonds is 4. The third-order valence-electron chi connectivity index (χ3n) is 5.30. The van der Waals surface area contributed by atoms with E-state index in [1.807, 2.05) is 54.7 Å². The summed E-state index contributed by atoms with van der Waals surface area (Å²) >= 11 is 0. The molecule has 5 rings (SSSR count). The van der Waals surface area contributed by atoms with Gasteiger partial charge in [0.25, 0.3) is 0 Å². The van der Waals surface area contributed by atoms with Crippen LogP contribution in [0.1, 0.15) is 11.3 Å². The van der Waals surface area contributed by atoms with Gasteiger partial charge in [-0.25, -0.2) is 0 Å². The standard InChI is InChI=1S/C29H20N2.Pd/c1-21-16-18-25(31-29(21)24-13-6-3-7-14-24)20-30-27-19-17-22-10-8-9-15-26(22)28(27)23-11-4-2-5-12-23;/h2-11,13,15-20H,1H3;/q-2;+2. The van der Waals surface area contributed by atoms with Crippen molar-refractivity contribution in [3.63, 3.8) is 0 Å². The van der Waals surface area contributed by atoms with E-state index in [1.165, 1.54) is 5.39 Å². The Labute approximate surface area is 202 Å². The van der Waals surface area contributed by atoms with Crippen LogP contribution in [0.5, 0.6) is 0 Å². The van der Waals surface area contributed by atoms with E-state index >= 15 is 0 Å². The molecule has 3 heteroatoms. The molecule has 0 N–H and O–H groups in total. The van der Waals surface area contributed by atoms with Gasteiger partial charge in [0.1, 0.15) is 0 Å². The van der Waals surface area contributed by atoms with Crippen LogP contribution in [0.15, 0.2) is 102 Å². The molecule has 2 nitrogen and oxygen atoms in total. The smallest absolute Gasteiger partial charge is 0.295 e. The van der Waals surface area contributed by atoms with Gasteiger partial charge < -0.3 is 0 Å². The molecular formula is C29H20N2Pd. The Balaban J connectivity index is 0.00000245. The largest absolute Gasteiger partial charge is 2.00 e. The zero-order valence-electron chi connectivity index (χ0n) is 17.5. The van der Waals surface area contributed by atoms with Gasteiger partial charge in [-0.05, 0) is 30.1 Å². The van der Waals surface area contributed by atoms with E-state index in [-0.39, 0.29) is 20.4 Å². The molecule has 0 atom stereocenters. The molecule has 0 bridgehead atoms. The van der Waals surface area contributed by atoms with Gasteiger partial charge in [0, 0.05) is 5.69 Å². The maximum absolute atomic E-state index is 4.85. The third-order valence-corrected chi connectivity index (χ3v) is 5.30. The Morgan fingerprint density at radius 2 is 1.47 bits per heavy atom. The molecule has 0 aliphatic rings. The Bertz CT molecular complexity index is 1380. The summed E-state index contributed by atoms with van der Waals surface area (Å²) in [6.07, 6.45) is 1.84. The molecule has 0 spiro atoms. The van der Waals surface area contributed by atoms with Gasteiger partial charge in [-0.3, -0.25) is 9.98 Å². The van der Waals surface area contributed by atoms with Crippen molar-refractivity contribution in [2.24, 2.45) is 4.99 Å². The Morgan fingerprint density at radius 3 is 2.22 bits per heavy atom. The summed E-state index contributed by atoms with van der Waals surface area (Å²) < 4.78 is 0. The summed E-state index contributed by atoms with van der Waals surface area (Å²) in [5.74, 6) is 0. The van der Waals surface area contributed by atoms with Gasteiger partial charge in [0.15, 0.2) is 0 Å². The molecule has 0 aliphatic carbocycles. The first-order valence-electron chi connectivity index (χ1n) is 10.3. The van der Waals surface area contributed by atoms with Crippen molar-refractivity contribution < 1.29 is 20.4 Å². The van der Waals surface area contributed by atoms with Crippen LogP contribution < -0.4 is 0 Å². The fourth-order valence-corrected chi connectivity index (χ4v) is 3.76. The fourth-order valence-electron chi connectivity index (χ4n) is 3.76. The molecule has 1 heterocycles. The topological polar surface area (TPSA) is 25.2 Å². The summed E-state index contributed by atoms with van der Waals surface area (Å²) in [5, 5.41) is 2.35. The fraction of sp³-hybridized carbons (Fsp3) is 0.0345. The van der Waals surface area contributed by atoms with Crippen LogP contribution in [0, 0.1) is 19.1 Å². The molecule has 4 aromatic carbocycles. The summed E-state index contributed by atoms with van der Waals surface area (Å²) in [4.78, 5) is 9.68. The van der Waals surface area contributed by atoms with Crippen LogP contribution in [-0.4, -0.2) is 11.2 Å². The van der Waals surface area contributed by atoms with Crippen molar-refractivity contribution in [2.45, 2.75) is 6.92 Å². The molecule has 5 aromatic rings. The summed E-state index contributed by atoms with van der Waals surface area (Å²) in [6, 6.07) is 39.2. The minimum Gasteiger partial charge on any atom is -0.295 e. The number of nitrogens with zero attached hydrogens (tertiary/aromatic N) is 2. The van der Waals surface area contributed by atoms with Gasteiger partial charge in [-0.1, -0.05) is 52.9 Å². The molecule has 1 aromatic heterocycles. The Kier molecular flexibility index (Phi) is 6.71. The van der Waals surface area contributed by atoms with Crippen LogP contribution in [0.2, 0.25) is 0 Å². The van der Waals surface area contributed by atoms with E-state index in [2.05, 4.69) is 67.6 Å². The minimum atomic E-state index is 0. The second kappa shape index (κ2) is 9.83. The van der Waals surface area contributed by atoms with Crippen molar-refractivity contribution in [3.8, 4) is 22.4 Å². The quantitative estimate of drug-likeness (QED) is 0.145. The second-order valence-corrected chi connectivity index (χ2v) is 7.39. The first-order valence-corrected chi connectivity index (χ1v) is 10.3. The summed E-state index contributed by atoms with van der Waals surface area (Å²) in [5.41, 5.74) is 6.86. The summed E-state index contributed by atoms with van der Waals surface area (Å²) in [6.45, 7) is 2.07. The van der Waals surface area contributed by atoms with Crippen molar-refractivity contribution in [1.29, 1.82) is 0 Å². The molecule has 0 amide bonds. The number of hydrogen-bond acceptors (Lipinski definition) is 2. The van der Waals surface area contributed by atoms with E-state index in [4.69, 9.17) is 9.98 Å². The van der Waals surface area contributed by atoms with Crippen molar-refractivity contribution >= 4 is 22.7 Å². The molecule has 0 unspecified atom stereocenters. The molecule has 156 valence electrons. The Hall–Kier alpha value is -3.38. The average molecular weight is 503 g/mol. The molecule has 0 radical (unpaired) electrons. The SMILES string of the molecule is Cc1ccc(C=Nc2ccc3ccccc3c2-c2[c-]cccc2)nc1-c1[c-]cccc1.[Pd+2]. The predicted octanol–water partition coefficient (Wildman–Crippen LogP) is 7.23. The number of benzene rings is 4. The maximum atomic E-state index is 4.85. The molecule has 0 saturated carbocycles. The van der Waals surface area contributed by atoms with Gasteiger partial charge in [-0.2, -0.15) is 0 Å². The third kappa shape index (κ3) is 4.46. The van der Waals surface area contributed by atoms with E-state index in [9.17, 15) is 0 Å². The van der Waals surface area contributed by atoms with Crippen LogP contribution in [-0.2, 0) is 20.4 Å². The molecule has 0 aliphatic heterocycles. The van der Waals surface area contributed by atoms with E-state index in [1.54, 1.807) is 0 Å². The maximum Gasteiger partial charge on any atom is 2.00 e. The van der Waals surface area contributed by atoms with Gasteiger partial charge >= 0.3 is 20.4 Å². The van der Waals surface area contributed by atoms with Crippen LogP contribution in [0.3, 0.4) is 0 Å². The zero-order valence-corrected chi connectivity index (χ0v) is 19.1. The van der Waals surface area contributed by atoms with E-state index in [0.29, 0.717) is 0 Å². The first-order chi connectivity index (χ1) is 15.3. The number of aliphatic imine (C=N–C) groups is 1. The molecule has 0 fully saturated rings. The monoisotopic (exact) mass is 502 g/mol. The Morgan fingerprint density at radius 1 is 0.750 bits per heavy atom. The van der Waals surface area contributed by atoms with E-state index in [0.717, 1.165) is 44.7 Å². The zero-order chi connectivity index (χ0) is 21.0. The van der Waals surface area contributed by atoms with Crippen molar-refractivity contribution in [3.05, 3.63) is 120 Å². The molecule has 32 heavy (non-hydrogen) atoms. The van der Waals surface area contributed by atoms with Crippen molar-refractivity contribution in [1.82, 2.24) is 4.98 Å². The average Bonchev–Trinajstić information content (AvgIpc) is 2.84. The van der Waals surface area contributed by atoms with Crippen molar-refractivity contribution in [2.75, 3.05) is 0 Å². The first kappa shape index (κ1) is 21.8. The van der Waals surface area contributed by atoms with Crippen LogP contribution >= 0.6 is 0 Å². The normalized spacial score (nSPS) is 10.9. The second-order valence-electron chi connectivity index (χ2n) is 7.39. The number of hydrogen-bond donors (Lipinski definition) is 0. The minimum absolute atomic E-state index is 0. The number of aryl methyl sites for hydroxylation is 1. The molecule has 0 saturated heterocycles. The van der Waals surface area contributed by atoms with Crippen LogP contribution in [0.25, 0.3) is 33.2 Å². The van der Waals surface area contributed by atoms with Gasteiger partial charge in [0.05, 0.1) is 11.9 Å².